The molecule has 4 aromatic rings. The van der Waals surface area contributed by atoms with Gasteiger partial charge in [0.2, 0.25) is 0 Å². The maximum absolute atomic E-state index is 12.7. The molecule has 2 aliphatic rings. The third-order valence-electron chi connectivity index (χ3n) is 7.50. The van der Waals surface area contributed by atoms with Gasteiger partial charge in [-0.3, -0.25) is 4.79 Å². The van der Waals surface area contributed by atoms with Crippen molar-refractivity contribution in [1.29, 1.82) is 0 Å². The molecule has 6 rings (SSSR count). The monoisotopic (exact) mass is 496 g/mol. The summed E-state index contributed by atoms with van der Waals surface area (Å²) in [6.45, 7) is 5.43. The molecule has 0 aliphatic carbocycles. The quantitative estimate of drug-likeness (QED) is 0.428. The summed E-state index contributed by atoms with van der Waals surface area (Å²) in [5, 5.41) is 10.6. The van der Waals surface area contributed by atoms with Gasteiger partial charge in [0.15, 0.2) is 0 Å². The summed E-state index contributed by atoms with van der Waals surface area (Å²) in [5.74, 6) is 0.341. The number of nitrogens with zero attached hydrogens (tertiary/aromatic N) is 3. The van der Waals surface area contributed by atoms with E-state index in [-0.39, 0.29) is 5.91 Å². The lowest BCUT2D eigenvalue weighted by molar-refractivity contribution is 0.0703. The van der Waals surface area contributed by atoms with E-state index in [4.69, 9.17) is 9.72 Å². The number of likely N-dealkylation sites (N-methyl/N-ethyl adjacent to an activating group) is 2. The predicted molar refractivity (Wildman–Crippen MR) is 144 cm³/mol. The van der Waals surface area contributed by atoms with Crippen molar-refractivity contribution in [2.75, 3.05) is 33.8 Å². The zero-order valence-corrected chi connectivity index (χ0v) is 21.5. The number of benzene rings is 2. The van der Waals surface area contributed by atoms with Crippen molar-refractivity contribution in [3.8, 4) is 22.3 Å². The van der Waals surface area contributed by atoms with E-state index in [2.05, 4.69) is 35.1 Å². The predicted octanol–water partition coefficient (Wildman–Crippen LogP) is 4.41. The van der Waals surface area contributed by atoms with Crippen LogP contribution in [0.4, 0.5) is 0 Å². The van der Waals surface area contributed by atoms with E-state index in [1.807, 2.05) is 36.7 Å². The molecule has 2 aliphatic heterocycles. The van der Waals surface area contributed by atoms with Gasteiger partial charge >= 0.3 is 0 Å². The smallest absolute Gasteiger partial charge is 0.253 e. The highest BCUT2D eigenvalue weighted by Crippen LogP contribution is 2.39. The Kier molecular flexibility index (Phi) is 6.07. The van der Waals surface area contributed by atoms with Gasteiger partial charge in [-0.2, -0.15) is 0 Å². The fraction of sp³-hybridized carbons (Fsp3) is 0.333. The molecular formula is C30H32N4O3. The molecule has 37 heavy (non-hydrogen) atoms. The third-order valence-corrected chi connectivity index (χ3v) is 7.50. The summed E-state index contributed by atoms with van der Waals surface area (Å²) < 4.78 is 5.94. The molecule has 0 fully saturated rings. The van der Waals surface area contributed by atoms with E-state index in [1.54, 1.807) is 18.9 Å². The van der Waals surface area contributed by atoms with Crippen LogP contribution in [0.2, 0.25) is 0 Å². The number of aliphatic hydroxyl groups is 1. The normalized spacial score (nSPS) is 18.0. The van der Waals surface area contributed by atoms with Crippen molar-refractivity contribution in [2.45, 2.75) is 32.1 Å². The average Bonchev–Trinajstić information content (AvgIpc) is 3.31. The van der Waals surface area contributed by atoms with Gasteiger partial charge in [-0.1, -0.05) is 12.1 Å². The summed E-state index contributed by atoms with van der Waals surface area (Å²) in [4.78, 5) is 24.6. The molecule has 2 aromatic heterocycles. The molecule has 2 aromatic carbocycles. The van der Waals surface area contributed by atoms with Crippen molar-refractivity contribution in [1.82, 2.24) is 19.8 Å². The van der Waals surface area contributed by atoms with E-state index in [9.17, 15) is 9.90 Å². The first-order chi connectivity index (χ1) is 17.9. The topological polar surface area (TPSA) is 81.7 Å². The standard InChI is InChI=1S/C30H32N4O3/c1-18(35)13-34(3)30(36)20-6-4-19(5-7-20)27-12-32-29-26(27)10-22(11-31-29)21-8-23-14-33(2)15-25-17-37-16-24(9-21)28(23)25/h4-12,18,25,35H,13-17H2,1-3H3,(H,31,32). The van der Waals surface area contributed by atoms with E-state index in [1.165, 1.54) is 16.7 Å². The number of H-pyrrole nitrogens is 1. The summed E-state index contributed by atoms with van der Waals surface area (Å²) in [7, 11) is 3.88. The van der Waals surface area contributed by atoms with Crippen LogP contribution >= 0.6 is 0 Å². The van der Waals surface area contributed by atoms with Crippen LogP contribution in [0, 0.1) is 0 Å². The number of amides is 1. The minimum atomic E-state index is -0.565. The molecule has 4 heterocycles. The fourth-order valence-corrected chi connectivity index (χ4v) is 5.88. The second-order valence-electron chi connectivity index (χ2n) is 10.6. The van der Waals surface area contributed by atoms with E-state index >= 15 is 0 Å². The number of aromatic nitrogens is 2. The van der Waals surface area contributed by atoms with Gasteiger partial charge in [0.05, 0.1) is 19.3 Å². The number of fused-ring (bicyclic) bond motifs is 1. The number of rotatable bonds is 5. The highest BCUT2D eigenvalue weighted by molar-refractivity contribution is 5.98. The Bertz CT molecular complexity index is 1470. The molecule has 2 unspecified atom stereocenters. The van der Waals surface area contributed by atoms with Gasteiger partial charge < -0.3 is 24.6 Å². The molecule has 0 radical (unpaired) electrons. The zero-order chi connectivity index (χ0) is 25.7. The Morgan fingerprint density at radius 1 is 1.19 bits per heavy atom. The maximum Gasteiger partial charge on any atom is 0.253 e. The van der Waals surface area contributed by atoms with Crippen LogP contribution in [0.15, 0.2) is 54.9 Å². The van der Waals surface area contributed by atoms with Gasteiger partial charge in [-0.15, -0.1) is 0 Å². The van der Waals surface area contributed by atoms with Crippen LogP contribution < -0.4 is 0 Å². The van der Waals surface area contributed by atoms with Crippen molar-refractivity contribution in [3.63, 3.8) is 0 Å². The van der Waals surface area contributed by atoms with Gasteiger partial charge in [0.25, 0.3) is 5.91 Å². The van der Waals surface area contributed by atoms with Crippen LogP contribution in [-0.4, -0.2) is 70.7 Å². The molecule has 0 spiro atoms. The Morgan fingerprint density at radius 2 is 1.97 bits per heavy atom. The lowest BCUT2D eigenvalue weighted by atomic mass is 9.83. The first-order valence-corrected chi connectivity index (χ1v) is 12.8. The molecule has 0 bridgehead atoms. The first kappa shape index (κ1) is 23.9. The number of hydrogen-bond acceptors (Lipinski definition) is 5. The number of nitrogens with one attached hydrogen (secondary N) is 1. The Balaban J connectivity index is 1.34. The van der Waals surface area contributed by atoms with E-state index in [0.717, 1.165) is 53.0 Å². The lowest BCUT2D eigenvalue weighted by Gasteiger charge is -2.37. The van der Waals surface area contributed by atoms with Crippen LogP contribution in [0.1, 0.15) is 39.9 Å². The second-order valence-corrected chi connectivity index (χ2v) is 10.6. The van der Waals surface area contributed by atoms with Crippen molar-refractivity contribution < 1.29 is 14.6 Å². The second kappa shape index (κ2) is 9.41. The Morgan fingerprint density at radius 3 is 2.76 bits per heavy atom. The molecule has 7 nitrogen and oxygen atoms in total. The number of aromatic amines is 1. The summed E-state index contributed by atoms with van der Waals surface area (Å²) in [6, 6.07) is 14.4. The summed E-state index contributed by atoms with van der Waals surface area (Å²) >= 11 is 0. The lowest BCUT2D eigenvalue weighted by Crippen LogP contribution is -2.35. The molecule has 2 N–H and O–H groups in total. The van der Waals surface area contributed by atoms with Crippen LogP contribution in [0.3, 0.4) is 0 Å². The maximum atomic E-state index is 12.7. The molecule has 2 atom stereocenters. The Labute approximate surface area is 216 Å². The van der Waals surface area contributed by atoms with Gasteiger partial charge in [0.1, 0.15) is 5.65 Å². The van der Waals surface area contributed by atoms with Crippen molar-refractivity contribution in [3.05, 3.63) is 77.1 Å². The SMILES string of the molecule is CC(O)CN(C)C(=O)c1ccc(-c2c[nH]c3ncc(-c4cc5c6c(c4)CN(C)CC6COC5)cc23)cc1. The molecule has 190 valence electrons. The van der Waals surface area contributed by atoms with Crippen LogP contribution in [0.25, 0.3) is 33.3 Å². The van der Waals surface area contributed by atoms with Gasteiger partial charge in [0, 0.05) is 67.1 Å². The fourth-order valence-electron chi connectivity index (χ4n) is 5.88. The third kappa shape index (κ3) is 4.44. The van der Waals surface area contributed by atoms with Crippen molar-refractivity contribution >= 4 is 16.9 Å². The number of carbonyl (C=O) groups is 1. The highest BCUT2D eigenvalue weighted by atomic mass is 16.5. The van der Waals surface area contributed by atoms with Crippen molar-refractivity contribution in [2.24, 2.45) is 0 Å². The van der Waals surface area contributed by atoms with E-state index in [0.29, 0.717) is 24.6 Å². The number of hydrogen-bond donors (Lipinski definition) is 2. The number of pyridine rings is 1. The molecule has 7 heteroatoms. The van der Waals surface area contributed by atoms with Gasteiger partial charge in [-0.25, -0.2) is 4.98 Å². The first-order valence-electron chi connectivity index (χ1n) is 12.8. The number of ether oxygens (including phenoxy) is 1. The highest BCUT2D eigenvalue weighted by Gasteiger charge is 2.30. The molecular weight excluding hydrogens is 464 g/mol. The summed E-state index contributed by atoms with van der Waals surface area (Å²) in [5.41, 5.74) is 9.90. The minimum Gasteiger partial charge on any atom is -0.392 e. The largest absolute Gasteiger partial charge is 0.392 e. The average molecular weight is 497 g/mol. The minimum absolute atomic E-state index is 0.108. The van der Waals surface area contributed by atoms with Crippen LogP contribution in [0.5, 0.6) is 0 Å². The number of aliphatic hydroxyl groups excluding tert-OH is 1. The molecule has 0 saturated carbocycles. The Hall–Kier alpha value is -3.52. The van der Waals surface area contributed by atoms with Gasteiger partial charge in [-0.05, 0) is 72.1 Å². The number of carbonyl (C=O) groups excluding carboxylic acids is 1. The summed E-state index contributed by atoms with van der Waals surface area (Å²) in [6.07, 6.45) is 3.34. The zero-order valence-electron chi connectivity index (χ0n) is 21.5. The van der Waals surface area contributed by atoms with Crippen LogP contribution in [-0.2, 0) is 17.9 Å². The van der Waals surface area contributed by atoms with E-state index < -0.39 is 6.10 Å². The molecule has 1 amide bonds. The molecule has 0 saturated heterocycles.